The van der Waals surface area contributed by atoms with Gasteiger partial charge in [-0.3, -0.25) is 0 Å². The molecule has 3 fully saturated rings. The van der Waals surface area contributed by atoms with Crippen molar-refractivity contribution < 1.29 is 0 Å². The predicted octanol–water partition coefficient (Wildman–Crippen LogP) is 2.01. The second-order valence-corrected chi connectivity index (χ2v) is 5.29. The molecule has 3 aliphatic rings. The van der Waals surface area contributed by atoms with Crippen LogP contribution in [0.1, 0.15) is 38.5 Å². The maximum Gasteiger partial charge on any atom is 0.105 e. The molecule has 60 valence electrons. The van der Waals surface area contributed by atoms with Crippen molar-refractivity contribution in [3.63, 3.8) is 0 Å². The summed E-state index contributed by atoms with van der Waals surface area (Å²) in [6, 6.07) is 0. The summed E-state index contributed by atoms with van der Waals surface area (Å²) in [4.78, 5) is 0. The molecule has 3 saturated carbocycles. The van der Waals surface area contributed by atoms with Crippen LogP contribution in [0.15, 0.2) is 0 Å². The zero-order valence-electron chi connectivity index (χ0n) is 7.47. The van der Waals surface area contributed by atoms with Gasteiger partial charge in [0.05, 0.1) is 0 Å². The first-order valence-electron chi connectivity index (χ1n) is 5.31. The van der Waals surface area contributed by atoms with Gasteiger partial charge in [0.1, 0.15) is 7.85 Å². The second kappa shape index (κ2) is 1.86. The minimum Gasteiger partial charge on any atom is -0.0694 e. The third-order valence-corrected chi connectivity index (χ3v) is 4.75. The normalized spacial score (nSPS) is 60.2. The van der Waals surface area contributed by atoms with Crippen LogP contribution in [0, 0.1) is 17.3 Å². The molecule has 4 atom stereocenters. The van der Waals surface area contributed by atoms with Crippen LogP contribution < -0.4 is 0 Å². The van der Waals surface area contributed by atoms with Gasteiger partial charge in [-0.25, -0.2) is 0 Å². The van der Waals surface area contributed by atoms with Gasteiger partial charge in [0.15, 0.2) is 0 Å². The number of rotatable bonds is 0. The predicted molar refractivity (Wildman–Crippen MR) is 49.4 cm³/mol. The van der Waals surface area contributed by atoms with Crippen LogP contribution in [0.5, 0.6) is 0 Å². The van der Waals surface area contributed by atoms with E-state index in [1.807, 2.05) is 0 Å². The van der Waals surface area contributed by atoms with Crippen molar-refractivity contribution in [1.29, 1.82) is 0 Å². The Morgan fingerprint density at radius 1 is 1.09 bits per heavy atom. The van der Waals surface area contributed by atoms with E-state index in [-0.39, 0.29) is 0 Å². The highest BCUT2D eigenvalue weighted by molar-refractivity contribution is 6.11. The van der Waals surface area contributed by atoms with E-state index in [9.17, 15) is 0 Å². The van der Waals surface area contributed by atoms with Crippen LogP contribution >= 0.6 is 0 Å². The molecule has 0 saturated heterocycles. The molecule has 0 N–H and O–H groups in total. The van der Waals surface area contributed by atoms with Gasteiger partial charge in [-0.1, -0.05) is 18.7 Å². The smallest absolute Gasteiger partial charge is 0.0694 e. The molecule has 3 rings (SSSR count). The van der Waals surface area contributed by atoms with Crippen molar-refractivity contribution in [2.45, 2.75) is 44.3 Å². The SMILES string of the molecule is BC1CCC23CC2CCC3C1. The van der Waals surface area contributed by atoms with Gasteiger partial charge in [-0.15, -0.1) is 0 Å². The molecule has 0 radical (unpaired) electrons. The Kier molecular flexibility index (Phi) is 1.11. The highest BCUT2D eigenvalue weighted by Gasteiger charge is 2.62. The highest BCUT2D eigenvalue weighted by atomic mass is 14.7. The first kappa shape index (κ1) is 6.57. The zero-order valence-corrected chi connectivity index (χ0v) is 7.47. The lowest BCUT2D eigenvalue weighted by Gasteiger charge is -2.32. The van der Waals surface area contributed by atoms with E-state index in [2.05, 4.69) is 7.85 Å². The van der Waals surface area contributed by atoms with Crippen LogP contribution in [0.3, 0.4) is 0 Å². The van der Waals surface area contributed by atoms with Crippen LogP contribution in [-0.4, -0.2) is 7.85 Å². The first-order valence-corrected chi connectivity index (χ1v) is 5.31. The molecule has 4 unspecified atom stereocenters. The van der Waals surface area contributed by atoms with Gasteiger partial charge in [-0.2, -0.15) is 0 Å². The van der Waals surface area contributed by atoms with E-state index in [0.717, 1.165) is 17.2 Å². The lowest BCUT2D eigenvalue weighted by molar-refractivity contribution is 0.229. The number of hydrogen-bond donors (Lipinski definition) is 0. The molecule has 1 spiro atoms. The summed E-state index contributed by atoms with van der Waals surface area (Å²) < 4.78 is 0. The Labute approximate surface area is 70.2 Å². The van der Waals surface area contributed by atoms with Crippen molar-refractivity contribution >= 4 is 7.85 Å². The van der Waals surface area contributed by atoms with Gasteiger partial charge >= 0.3 is 0 Å². The quantitative estimate of drug-likeness (QED) is 0.461. The Morgan fingerprint density at radius 3 is 2.73 bits per heavy atom. The molecule has 0 nitrogen and oxygen atoms in total. The van der Waals surface area contributed by atoms with Gasteiger partial charge < -0.3 is 0 Å². The number of hydrogen-bond acceptors (Lipinski definition) is 0. The molecule has 0 aromatic rings. The molecule has 0 heterocycles. The Balaban J connectivity index is 1.84. The standard InChI is InChI=1S/C10H17B/c11-9-3-4-10-6-8(10)2-1-7(10)5-9/h7-9H,1-6,11H2. The minimum absolute atomic E-state index is 0.937. The summed E-state index contributed by atoms with van der Waals surface area (Å²) in [6.45, 7) is 0. The van der Waals surface area contributed by atoms with E-state index >= 15 is 0 Å². The largest absolute Gasteiger partial charge is 0.105 e. The molecule has 1 heteroatoms. The molecule has 0 aromatic heterocycles. The average molecular weight is 148 g/mol. The maximum absolute atomic E-state index is 2.45. The molecular weight excluding hydrogens is 131 g/mol. The Bertz CT molecular complexity index is 189. The van der Waals surface area contributed by atoms with Gasteiger partial charge in [-0.05, 0) is 42.9 Å². The minimum atomic E-state index is 0.937. The fraction of sp³-hybridized carbons (Fsp3) is 1.00. The maximum atomic E-state index is 2.45. The van der Waals surface area contributed by atoms with E-state index in [1.54, 1.807) is 32.1 Å². The fourth-order valence-corrected chi connectivity index (χ4v) is 3.96. The highest BCUT2D eigenvalue weighted by Crippen LogP contribution is 2.72. The molecule has 3 aliphatic carbocycles. The van der Waals surface area contributed by atoms with Crippen molar-refractivity contribution in [3.05, 3.63) is 0 Å². The van der Waals surface area contributed by atoms with Crippen LogP contribution in [0.4, 0.5) is 0 Å². The Morgan fingerprint density at radius 2 is 1.91 bits per heavy atom. The van der Waals surface area contributed by atoms with Gasteiger partial charge in [0.25, 0.3) is 0 Å². The van der Waals surface area contributed by atoms with Crippen molar-refractivity contribution in [1.82, 2.24) is 0 Å². The third kappa shape index (κ3) is 0.724. The second-order valence-electron chi connectivity index (χ2n) is 5.29. The fourth-order valence-electron chi connectivity index (χ4n) is 3.96. The molecule has 0 aromatic carbocycles. The van der Waals surface area contributed by atoms with E-state index in [1.165, 1.54) is 12.3 Å². The van der Waals surface area contributed by atoms with E-state index in [0.29, 0.717) is 0 Å². The molecule has 0 amide bonds. The average Bonchev–Trinajstić information content (AvgIpc) is 2.60. The summed E-state index contributed by atoms with van der Waals surface area (Å²) in [7, 11) is 2.45. The third-order valence-electron chi connectivity index (χ3n) is 4.75. The zero-order chi connectivity index (χ0) is 7.47. The summed E-state index contributed by atoms with van der Waals surface area (Å²) in [5.74, 6) is 3.40. The van der Waals surface area contributed by atoms with Crippen molar-refractivity contribution in [3.8, 4) is 0 Å². The van der Waals surface area contributed by atoms with Crippen LogP contribution in [0.25, 0.3) is 0 Å². The lowest BCUT2D eigenvalue weighted by Crippen LogP contribution is -2.21. The molecule has 0 bridgehead atoms. The lowest BCUT2D eigenvalue weighted by atomic mass is 9.65. The summed E-state index contributed by atoms with van der Waals surface area (Å²) in [6.07, 6.45) is 9.46. The summed E-state index contributed by atoms with van der Waals surface area (Å²) in [5.41, 5.74) is 0.937. The molecule has 0 aliphatic heterocycles. The Hall–Kier alpha value is 0.0649. The van der Waals surface area contributed by atoms with Gasteiger partial charge in [0.2, 0.25) is 0 Å². The van der Waals surface area contributed by atoms with Gasteiger partial charge in [0, 0.05) is 0 Å². The van der Waals surface area contributed by atoms with Crippen molar-refractivity contribution in [2.75, 3.05) is 0 Å². The first-order chi connectivity index (χ1) is 5.31. The molecule has 11 heavy (non-hydrogen) atoms. The van der Waals surface area contributed by atoms with E-state index < -0.39 is 0 Å². The van der Waals surface area contributed by atoms with Crippen molar-refractivity contribution in [2.24, 2.45) is 17.3 Å². The van der Waals surface area contributed by atoms with Crippen LogP contribution in [-0.2, 0) is 0 Å². The van der Waals surface area contributed by atoms with Crippen LogP contribution in [0.2, 0.25) is 5.82 Å². The topological polar surface area (TPSA) is 0 Å². The summed E-state index contributed by atoms with van der Waals surface area (Å²) in [5, 5.41) is 0. The molecular formula is C10H17B. The monoisotopic (exact) mass is 148 g/mol. The van der Waals surface area contributed by atoms with E-state index in [4.69, 9.17) is 0 Å². The summed E-state index contributed by atoms with van der Waals surface area (Å²) >= 11 is 0.